The average molecular weight is 368 g/mol. The number of amides is 1. The topological polar surface area (TPSA) is 50.7 Å². The summed E-state index contributed by atoms with van der Waals surface area (Å²) in [4.78, 5) is 13.7. The minimum absolute atomic E-state index is 0.287. The SMILES string of the molecule is CCOc1ccccc1/C=N\NC(=O)c1ccc(-c2ccc(F)cc2)s1. The summed E-state index contributed by atoms with van der Waals surface area (Å²) < 4.78 is 18.5. The van der Waals surface area contributed by atoms with Crippen LogP contribution in [0.25, 0.3) is 10.4 Å². The Morgan fingerprint density at radius 1 is 1.15 bits per heavy atom. The lowest BCUT2D eigenvalue weighted by molar-refractivity contribution is 0.0959. The van der Waals surface area contributed by atoms with Gasteiger partial charge in [0.2, 0.25) is 0 Å². The third kappa shape index (κ3) is 4.34. The fraction of sp³-hybridized carbons (Fsp3) is 0.100. The molecule has 0 aliphatic rings. The van der Waals surface area contributed by atoms with E-state index < -0.39 is 0 Å². The van der Waals surface area contributed by atoms with Crippen LogP contribution in [0, 0.1) is 5.82 Å². The van der Waals surface area contributed by atoms with Crippen LogP contribution in [0.3, 0.4) is 0 Å². The zero-order valence-corrected chi connectivity index (χ0v) is 14.9. The Kier molecular flexibility index (Phi) is 5.76. The summed E-state index contributed by atoms with van der Waals surface area (Å²) in [7, 11) is 0. The third-order valence-corrected chi connectivity index (χ3v) is 4.68. The molecule has 0 fully saturated rings. The predicted octanol–water partition coefficient (Wildman–Crippen LogP) is 4.72. The van der Waals surface area contributed by atoms with Crippen molar-refractivity contribution in [2.24, 2.45) is 5.10 Å². The van der Waals surface area contributed by atoms with Gasteiger partial charge in [0.25, 0.3) is 5.91 Å². The highest BCUT2D eigenvalue weighted by Crippen LogP contribution is 2.28. The molecule has 1 N–H and O–H groups in total. The van der Waals surface area contributed by atoms with Gasteiger partial charge in [-0.05, 0) is 48.9 Å². The molecule has 3 rings (SSSR count). The van der Waals surface area contributed by atoms with Crippen molar-refractivity contribution >= 4 is 23.5 Å². The van der Waals surface area contributed by atoms with Gasteiger partial charge in [0.1, 0.15) is 11.6 Å². The standard InChI is InChI=1S/C20H17FN2O2S/c1-2-25-17-6-4-3-5-15(17)13-22-23-20(24)19-12-11-18(26-19)14-7-9-16(21)10-8-14/h3-13H,2H2,1H3,(H,23,24)/b22-13-. The molecule has 1 amide bonds. The average Bonchev–Trinajstić information content (AvgIpc) is 3.14. The zero-order valence-electron chi connectivity index (χ0n) is 14.1. The summed E-state index contributed by atoms with van der Waals surface area (Å²) in [5, 5.41) is 4.01. The summed E-state index contributed by atoms with van der Waals surface area (Å²) >= 11 is 1.32. The van der Waals surface area contributed by atoms with Gasteiger partial charge < -0.3 is 4.74 Å². The highest BCUT2D eigenvalue weighted by molar-refractivity contribution is 7.17. The maximum Gasteiger partial charge on any atom is 0.281 e. The van der Waals surface area contributed by atoms with Crippen molar-refractivity contribution in [1.29, 1.82) is 0 Å². The zero-order chi connectivity index (χ0) is 18.4. The Bertz CT molecular complexity index is 920. The molecular formula is C20H17FN2O2S. The van der Waals surface area contributed by atoms with Crippen LogP contribution in [0.4, 0.5) is 4.39 Å². The molecule has 26 heavy (non-hydrogen) atoms. The van der Waals surface area contributed by atoms with E-state index >= 15 is 0 Å². The molecule has 1 aromatic heterocycles. The molecule has 4 nitrogen and oxygen atoms in total. The maximum atomic E-state index is 13.0. The number of benzene rings is 2. The monoisotopic (exact) mass is 368 g/mol. The first-order valence-electron chi connectivity index (χ1n) is 8.08. The molecule has 6 heteroatoms. The van der Waals surface area contributed by atoms with Crippen LogP contribution < -0.4 is 10.2 Å². The molecule has 0 atom stereocenters. The smallest absolute Gasteiger partial charge is 0.281 e. The molecule has 0 saturated carbocycles. The Morgan fingerprint density at radius 3 is 2.69 bits per heavy atom. The molecule has 3 aromatic rings. The van der Waals surface area contributed by atoms with Gasteiger partial charge in [-0.2, -0.15) is 5.10 Å². The van der Waals surface area contributed by atoms with Gasteiger partial charge in [0.15, 0.2) is 0 Å². The van der Waals surface area contributed by atoms with Crippen LogP contribution in [-0.2, 0) is 0 Å². The number of hydrazone groups is 1. The van der Waals surface area contributed by atoms with Crippen molar-refractivity contribution in [1.82, 2.24) is 5.43 Å². The number of thiophene rings is 1. The number of carbonyl (C=O) groups excluding carboxylic acids is 1. The highest BCUT2D eigenvalue weighted by Gasteiger charge is 2.10. The normalized spacial score (nSPS) is 10.8. The summed E-state index contributed by atoms with van der Waals surface area (Å²) in [5.41, 5.74) is 4.17. The molecular weight excluding hydrogens is 351 g/mol. The molecule has 0 bridgehead atoms. The van der Waals surface area contributed by atoms with Crippen LogP contribution in [-0.4, -0.2) is 18.7 Å². The van der Waals surface area contributed by atoms with Crippen molar-refractivity contribution in [3.05, 3.63) is 76.9 Å². The summed E-state index contributed by atoms with van der Waals surface area (Å²) in [6.07, 6.45) is 1.55. The minimum Gasteiger partial charge on any atom is -0.493 e. The molecule has 0 radical (unpaired) electrons. The highest BCUT2D eigenvalue weighted by atomic mass is 32.1. The number of nitrogens with one attached hydrogen (secondary N) is 1. The van der Waals surface area contributed by atoms with E-state index in [1.54, 1.807) is 24.4 Å². The number of nitrogens with zero attached hydrogens (tertiary/aromatic N) is 1. The molecule has 132 valence electrons. The van der Waals surface area contributed by atoms with Crippen molar-refractivity contribution in [2.45, 2.75) is 6.92 Å². The van der Waals surface area contributed by atoms with Crippen molar-refractivity contribution < 1.29 is 13.9 Å². The van der Waals surface area contributed by atoms with E-state index in [9.17, 15) is 9.18 Å². The van der Waals surface area contributed by atoms with E-state index in [4.69, 9.17) is 4.74 Å². The number of ether oxygens (including phenoxy) is 1. The van der Waals surface area contributed by atoms with Gasteiger partial charge in [-0.1, -0.05) is 24.3 Å². The molecule has 0 aliphatic heterocycles. The lowest BCUT2D eigenvalue weighted by Crippen LogP contribution is -2.16. The van der Waals surface area contributed by atoms with E-state index in [1.807, 2.05) is 37.3 Å². The second-order valence-corrected chi connectivity index (χ2v) is 6.42. The van der Waals surface area contributed by atoms with Crippen LogP contribution in [0.15, 0.2) is 65.8 Å². The van der Waals surface area contributed by atoms with Gasteiger partial charge in [-0.3, -0.25) is 4.79 Å². The quantitative estimate of drug-likeness (QED) is 0.506. The van der Waals surface area contributed by atoms with E-state index in [2.05, 4.69) is 10.5 Å². The van der Waals surface area contributed by atoms with Crippen LogP contribution in [0.2, 0.25) is 0 Å². The number of rotatable bonds is 6. The largest absolute Gasteiger partial charge is 0.493 e. The van der Waals surface area contributed by atoms with E-state index in [0.29, 0.717) is 17.2 Å². The molecule has 1 heterocycles. The van der Waals surface area contributed by atoms with Gasteiger partial charge in [0.05, 0.1) is 17.7 Å². The van der Waals surface area contributed by atoms with Crippen molar-refractivity contribution in [3.63, 3.8) is 0 Å². The maximum absolute atomic E-state index is 13.0. The first kappa shape index (κ1) is 17.8. The Balaban J connectivity index is 1.67. The van der Waals surface area contributed by atoms with E-state index in [1.165, 1.54) is 23.5 Å². The second kappa shape index (κ2) is 8.40. The Hall–Kier alpha value is -2.99. The Morgan fingerprint density at radius 2 is 1.92 bits per heavy atom. The van der Waals surface area contributed by atoms with E-state index in [0.717, 1.165) is 16.0 Å². The molecule has 0 spiro atoms. The van der Waals surface area contributed by atoms with Crippen molar-refractivity contribution in [2.75, 3.05) is 6.61 Å². The Labute approximate surface area is 155 Å². The van der Waals surface area contributed by atoms with Crippen LogP contribution >= 0.6 is 11.3 Å². The second-order valence-electron chi connectivity index (χ2n) is 5.34. The molecule has 0 unspecified atom stereocenters. The number of halogens is 1. The lowest BCUT2D eigenvalue weighted by Gasteiger charge is -2.05. The van der Waals surface area contributed by atoms with Gasteiger partial charge >= 0.3 is 0 Å². The van der Waals surface area contributed by atoms with Crippen LogP contribution in [0.1, 0.15) is 22.2 Å². The third-order valence-electron chi connectivity index (χ3n) is 3.55. The summed E-state index contributed by atoms with van der Waals surface area (Å²) in [6, 6.07) is 17.2. The lowest BCUT2D eigenvalue weighted by atomic mass is 10.2. The van der Waals surface area contributed by atoms with E-state index in [-0.39, 0.29) is 11.7 Å². The number of hydrogen-bond donors (Lipinski definition) is 1. The summed E-state index contributed by atoms with van der Waals surface area (Å²) in [6.45, 7) is 2.46. The first-order chi connectivity index (χ1) is 12.7. The van der Waals surface area contributed by atoms with Gasteiger partial charge in [-0.25, -0.2) is 9.82 Å². The van der Waals surface area contributed by atoms with Crippen molar-refractivity contribution in [3.8, 4) is 16.2 Å². The van der Waals surface area contributed by atoms with Gasteiger partial charge in [0, 0.05) is 10.4 Å². The van der Waals surface area contributed by atoms with Crippen LogP contribution in [0.5, 0.6) is 5.75 Å². The molecule has 0 aliphatic carbocycles. The molecule has 0 saturated heterocycles. The summed E-state index contributed by atoms with van der Waals surface area (Å²) in [5.74, 6) is 0.126. The number of para-hydroxylation sites is 1. The minimum atomic E-state index is -0.298. The fourth-order valence-electron chi connectivity index (χ4n) is 2.32. The molecule has 2 aromatic carbocycles. The number of hydrogen-bond acceptors (Lipinski definition) is 4. The fourth-order valence-corrected chi connectivity index (χ4v) is 3.22. The van der Waals surface area contributed by atoms with Gasteiger partial charge in [-0.15, -0.1) is 11.3 Å². The number of carbonyl (C=O) groups is 1. The first-order valence-corrected chi connectivity index (χ1v) is 8.90. The predicted molar refractivity (Wildman–Crippen MR) is 102 cm³/mol.